The molecule has 0 aliphatic carbocycles. The quantitative estimate of drug-likeness (QED) is 0.643. The second-order valence-corrected chi connectivity index (χ2v) is 6.49. The van der Waals surface area contributed by atoms with Gasteiger partial charge >= 0.3 is 0 Å². The molecule has 7 heteroatoms. The molecule has 2 aromatic heterocycles. The lowest BCUT2D eigenvalue weighted by molar-refractivity contribution is 0.581. The SMILES string of the molecule is CCCNCc1cc(S(=O)(=O)NCc2cccnc2)c[nH]1. The van der Waals surface area contributed by atoms with Crippen LogP contribution in [0.5, 0.6) is 0 Å². The van der Waals surface area contributed by atoms with Crippen molar-refractivity contribution in [2.75, 3.05) is 6.54 Å². The summed E-state index contributed by atoms with van der Waals surface area (Å²) < 4.78 is 26.9. The van der Waals surface area contributed by atoms with Gasteiger partial charge in [0.1, 0.15) is 0 Å². The van der Waals surface area contributed by atoms with Crippen LogP contribution in [0.15, 0.2) is 41.7 Å². The van der Waals surface area contributed by atoms with Crippen molar-refractivity contribution < 1.29 is 8.42 Å². The van der Waals surface area contributed by atoms with Gasteiger partial charge in [-0.3, -0.25) is 4.98 Å². The maximum absolute atomic E-state index is 12.2. The van der Waals surface area contributed by atoms with Crippen LogP contribution in [0.3, 0.4) is 0 Å². The van der Waals surface area contributed by atoms with Crippen LogP contribution in [0.25, 0.3) is 0 Å². The summed E-state index contributed by atoms with van der Waals surface area (Å²) in [5, 5.41) is 3.22. The normalized spacial score (nSPS) is 11.7. The van der Waals surface area contributed by atoms with Crippen LogP contribution < -0.4 is 10.0 Å². The van der Waals surface area contributed by atoms with Gasteiger partial charge in [-0.1, -0.05) is 13.0 Å². The number of sulfonamides is 1. The van der Waals surface area contributed by atoms with Crippen molar-refractivity contribution >= 4 is 10.0 Å². The average Bonchev–Trinajstić information content (AvgIpc) is 2.96. The second-order valence-electron chi connectivity index (χ2n) is 4.72. The maximum Gasteiger partial charge on any atom is 0.242 e. The van der Waals surface area contributed by atoms with Crippen LogP contribution in [-0.4, -0.2) is 24.9 Å². The zero-order chi connectivity index (χ0) is 15.1. The summed E-state index contributed by atoms with van der Waals surface area (Å²) in [5.41, 5.74) is 1.67. The van der Waals surface area contributed by atoms with Gasteiger partial charge in [0.15, 0.2) is 0 Å². The predicted molar refractivity (Wildman–Crippen MR) is 81.1 cm³/mol. The molecule has 0 saturated carbocycles. The fraction of sp³-hybridized carbons (Fsp3) is 0.357. The van der Waals surface area contributed by atoms with E-state index in [1.54, 1.807) is 24.5 Å². The van der Waals surface area contributed by atoms with Crippen molar-refractivity contribution in [2.45, 2.75) is 31.3 Å². The minimum Gasteiger partial charge on any atom is -0.363 e. The third-order valence-corrected chi connectivity index (χ3v) is 4.34. The molecule has 0 fully saturated rings. The summed E-state index contributed by atoms with van der Waals surface area (Å²) in [7, 11) is -3.51. The Morgan fingerprint density at radius 3 is 2.90 bits per heavy atom. The summed E-state index contributed by atoms with van der Waals surface area (Å²) in [6.07, 6.45) is 5.84. The lowest BCUT2D eigenvalue weighted by Crippen LogP contribution is -2.22. The van der Waals surface area contributed by atoms with Gasteiger partial charge in [-0.15, -0.1) is 0 Å². The van der Waals surface area contributed by atoms with Crippen LogP contribution in [0.4, 0.5) is 0 Å². The number of H-pyrrole nitrogens is 1. The molecule has 114 valence electrons. The van der Waals surface area contributed by atoms with Crippen molar-refractivity contribution in [3.05, 3.63) is 48.0 Å². The molecule has 0 radical (unpaired) electrons. The van der Waals surface area contributed by atoms with E-state index in [4.69, 9.17) is 0 Å². The number of rotatable bonds is 8. The number of hydrogen-bond acceptors (Lipinski definition) is 4. The lowest BCUT2D eigenvalue weighted by Gasteiger charge is -2.04. The topological polar surface area (TPSA) is 86.9 Å². The number of aromatic nitrogens is 2. The summed E-state index contributed by atoms with van der Waals surface area (Å²) in [5.74, 6) is 0. The second kappa shape index (κ2) is 7.35. The Labute approximate surface area is 125 Å². The van der Waals surface area contributed by atoms with E-state index in [2.05, 4.69) is 26.9 Å². The fourth-order valence-corrected chi connectivity index (χ4v) is 2.88. The van der Waals surface area contributed by atoms with E-state index in [9.17, 15) is 8.42 Å². The minimum absolute atomic E-state index is 0.227. The summed E-state index contributed by atoms with van der Waals surface area (Å²) >= 11 is 0. The average molecular weight is 308 g/mol. The Kier molecular flexibility index (Phi) is 5.49. The van der Waals surface area contributed by atoms with Crippen molar-refractivity contribution in [2.24, 2.45) is 0 Å². The zero-order valence-electron chi connectivity index (χ0n) is 12.0. The molecule has 0 amide bonds. The van der Waals surface area contributed by atoms with E-state index in [0.29, 0.717) is 6.54 Å². The molecule has 0 bridgehead atoms. The molecule has 0 spiro atoms. The van der Waals surface area contributed by atoms with E-state index in [1.165, 1.54) is 6.20 Å². The highest BCUT2D eigenvalue weighted by Crippen LogP contribution is 2.11. The van der Waals surface area contributed by atoms with E-state index >= 15 is 0 Å². The predicted octanol–water partition coefficient (Wildman–Crippen LogP) is 1.39. The standard InChI is InChI=1S/C14H20N4O2S/c1-2-5-15-10-13-7-14(11-17-13)21(19,20)18-9-12-4-3-6-16-8-12/h3-4,6-8,11,15,17-18H,2,5,9-10H2,1H3. The minimum atomic E-state index is -3.51. The third kappa shape index (κ3) is 4.66. The highest BCUT2D eigenvalue weighted by Gasteiger charge is 2.15. The molecule has 0 saturated heterocycles. The largest absolute Gasteiger partial charge is 0.363 e. The van der Waals surface area contributed by atoms with Crippen LogP contribution in [0.1, 0.15) is 24.6 Å². The van der Waals surface area contributed by atoms with Gasteiger partial charge in [0.2, 0.25) is 10.0 Å². The molecule has 2 aromatic rings. The molecular formula is C14H20N4O2S. The van der Waals surface area contributed by atoms with Gasteiger partial charge in [0.05, 0.1) is 4.90 Å². The van der Waals surface area contributed by atoms with Gasteiger partial charge in [0.25, 0.3) is 0 Å². The molecule has 0 atom stereocenters. The number of pyridine rings is 1. The first-order valence-corrected chi connectivity index (χ1v) is 8.36. The van der Waals surface area contributed by atoms with Gasteiger partial charge in [-0.25, -0.2) is 13.1 Å². The highest BCUT2D eigenvalue weighted by atomic mass is 32.2. The molecule has 0 unspecified atom stereocenters. The highest BCUT2D eigenvalue weighted by molar-refractivity contribution is 7.89. The van der Waals surface area contributed by atoms with Gasteiger partial charge in [0, 0.05) is 37.4 Å². The Bertz CT molecular complexity index is 653. The molecule has 21 heavy (non-hydrogen) atoms. The van der Waals surface area contributed by atoms with Crippen molar-refractivity contribution in [1.29, 1.82) is 0 Å². The fourth-order valence-electron chi connectivity index (χ4n) is 1.84. The first-order chi connectivity index (χ1) is 10.1. The first-order valence-electron chi connectivity index (χ1n) is 6.88. The number of nitrogens with one attached hydrogen (secondary N) is 3. The van der Waals surface area contributed by atoms with E-state index in [0.717, 1.165) is 24.2 Å². The van der Waals surface area contributed by atoms with Crippen LogP contribution >= 0.6 is 0 Å². The van der Waals surface area contributed by atoms with Crippen LogP contribution in [0.2, 0.25) is 0 Å². The molecule has 2 heterocycles. The van der Waals surface area contributed by atoms with E-state index < -0.39 is 10.0 Å². The lowest BCUT2D eigenvalue weighted by atomic mass is 10.3. The van der Waals surface area contributed by atoms with Crippen molar-refractivity contribution in [3.63, 3.8) is 0 Å². The molecular weight excluding hydrogens is 288 g/mol. The summed E-state index contributed by atoms with van der Waals surface area (Å²) in [6.45, 7) is 3.84. The third-order valence-electron chi connectivity index (χ3n) is 2.96. The Balaban J connectivity index is 1.96. The summed E-state index contributed by atoms with van der Waals surface area (Å²) in [4.78, 5) is 7.18. The molecule has 0 aliphatic heterocycles. The Morgan fingerprint density at radius 1 is 1.33 bits per heavy atom. The molecule has 2 rings (SSSR count). The molecule has 0 aromatic carbocycles. The molecule has 0 aliphatic rings. The van der Waals surface area contributed by atoms with E-state index in [-0.39, 0.29) is 11.4 Å². The monoisotopic (exact) mass is 308 g/mol. The van der Waals surface area contributed by atoms with Gasteiger partial charge < -0.3 is 10.3 Å². The van der Waals surface area contributed by atoms with Crippen LogP contribution in [-0.2, 0) is 23.1 Å². The molecule has 3 N–H and O–H groups in total. The first kappa shape index (κ1) is 15.7. The molecule has 6 nitrogen and oxygen atoms in total. The van der Waals surface area contributed by atoms with Crippen molar-refractivity contribution in [3.8, 4) is 0 Å². The van der Waals surface area contributed by atoms with E-state index in [1.807, 2.05) is 6.07 Å². The maximum atomic E-state index is 12.2. The number of aromatic amines is 1. The Hall–Kier alpha value is -1.70. The van der Waals surface area contributed by atoms with Crippen molar-refractivity contribution in [1.82, 2.24) is 20.0 Å². The van der Waals surface area contributed by atoms with Crippen LogP contribution in [0, 0.1) is 0 Å². The summed E-state index contributed by atoms with van der Waals surface area (Å²) in [6, 6.07) is 5.25. The number of nitrogens with zero attached hydrogens (tertiary/aromatic N) is 1. The smallest absolute Gasteiger partial charge is 0.242 e. The Morgan fingerprint density at radius 2 is 2.19 bits per heavy atom. The van der Waals surface area contributed by atoms with Gasteiger partial charge in [-0.2, -0.15) is 0 Å². The zero-order valence-corrected chi connectivity index (χ0v) is 12.8. The van der Waals surface area contributed by atoms with Gasteiger partial charge in [-0.05, 0) is 30.7 Å². The number of hydrogen-bond donors (Lipinski definition) is 3.